The first kappa shape index (κ1) is 23.8. The SMILES string of the molecule is COc1ccccc1CCN1COc2c(cc3c(c2C)O/C(=C\c2ccc(OC)c(OC)c2)C3=O)C1. The highest BCUT2D eigenvalue weighted by molar-refractivity contribution is 6.15. The molecule has 7 nitrogen and oxygen atoms in total. The highest BCUT2D eigenvalue weighted by Gasteiger charge is 2.33. The van der Waals surface area contributed by atoms with Gasteiger partial charge >= 0.3 is 0 Å². The number of hydrogen-bond donors (Lipinski definition) is 0. The first-order valence-corrected chi connectivity index (χ1v) is 11.8. The van der Waals surface area contributed by atoms with Crippen molar-refractivity contribution >= 4 is 11.9 Å². The quantitative estimate of drug-likeness (QED) is 0.433. The summed E-state index contributed by atoms with van der Waals surface area (Å²) < 4.78 is 28.3. The van der Waals surface area contributed by atoms with Gasteiger partial charge in [-0.3, -0.25) is 9.69 Å². The molecule has 2 aliphatic rings. The zero-order valence-corrected chi connectivity index (χ0v) is 20.9. The van der Waals surface area contributed by atoms with Crippen LogP contribution in [-0.4, -0.2) is 45.3 Å². The van der Waals surface area contributed by atoms with E-state index in [0.29, 0.717) is 36.1 Å². The van der Waals surface area contributed by atoms with Gasteiger partial charge in [-0.1, -0.05) is 24.3 Å². The second kappa shape index (κ2) is 9.95. The first-order valence-electron chi connectivity index (χ1n) is 11.8. The van der Waals surface area contributed by atoms with Gasteiger partial charge in [-0.2, -0.15) is 0 Å². The average molecular weight is 488 g/mol. The Balaban J connectivity index is 1.36. The number of allylic oxidation sites excluding steroid dienone is 1. The minimum atomic E-state index is -0.142. The normalized spacial score (nSPS) is 15.7. The Morgan fingerprint density at radius 1 is 0.944 bits per heavy atom. The Morgan fingerprint density at radius 2 is 1.72 bits per heavy atom. The predicted molar refractivity (Wildman–Crippen MR) is 136 cm³/mol. The third kappa shape index (κ3) is 4.38. The van der Waals surface area contributed by atoms with Crippen LogP contribution < -0.4 is 23.7 Å². The molecule has 5 rings (SSSR count). The van der Waals surface area contributed by atoms with Gasteiger partial charge in [-0.15, -0.1) is 0 Å². The lowest BCUT2D eigenvalue weighted by Crippen LogP contribution is -2.34. The van der Waals surface area contributed by atoms with Gasteiger partial charge in [0.2, 0.25) is 5.78 Å². The second-order valence-corrected chi connectivity index (χ2v) is 8.81. The highest BCUT2D eigenvalue weighted by Crippen LogP contribution is 2.43. The molecule has 0 saturated heterocycles. The summed E-state index contributed by atoms with van der Waals surface area (Å²) in [6, 6.07) is 15.4. The second-order valence-electron chi connectivity index (χ2n) is 8.81. The van der Waals surface area contributed by atoms with E-state index in [-0.39, 0.29) is 11.5 Å². The van der Waals surface area contributed by atoms with Crippen LogP contribution >= 0.6 is 0 Å². The number of carbonyl (C=O) groups is 1. The van der Waals surface area contributed by atoms with Crippen LogP contribution in [0.1, 0.15) is 32.6 Å². The van der Waals surface area contributed by atoms with Crippen LogP contribution in [0, 0.1) is 6.92 Å². The molecule has 0 atom stereocenters. The van der Waals surface area contributed by atoms with Crippen molar-refractivity contribution in [2.45, 2.75) is 19.9 Å². The van der Waals surface area contributed by atoms with E-state index >= 15 is 0 Å². The summed E-state index contributed by atoms with van der Waals surface area (Å²) in [7, 11) is 4.85. The summed E-state index contributed by atoms with van der Waals surface area (Å²) in [6.07, 6.45) is 2.57. The Kier molecular flexibility index (Phi) is 6.57. The smallest absolute Gasteiger partial charge is 0.231 e. The molecule has 0 N–H and O–H groups in total. The Hall–Kier alpha value is -3.97. The number of ether oxygens (including phenoxy) is 5. The molecule has 2 heterocycles. The van der Waals surface area contributed by atoms with Crippen LogP contribution in [0.3, 0.4) is 0 Å². The largest absolute Gasteiger partial charge is 0.496 e. The molecule has 36 heavy (non-hydrogen) atoms. The van der Waals surface area contributed by atoms with E-state index in [1.165, 1.54) is 0 Å². The molecular weight excluding hydrogens is 458 g/mol. The molecule has 0 fully saturated rings. The lowest BCUT2D eigenvalue weighted by atomic mass is 9.99. The topological polar surface area (TPSA) is 66.5 Å². The molecule has 3 aromatic carbocycles. The number of nitrogens with zero attached hydrogens (tertiary/aromatic N) is 1. The van der Waals surface area contributed by atoms with E-state index in [0.717, 1.165) is 46.7 Å². The number of fused-ring (bicyclic) bond motifs is 2. The van der Waals surface area contributed by atoms with Crippen molar-refractivity contribution in [3.63, 3.8) is 0 Å². The molecule has 0 bridgehead atoms. The van der Waals surface area contributed by atoms with Gasteiger partial charge in [-0.25, -0.2) is 0 Å². The van der Waals surface area contributed by atoms with E-state index in [9.17, 15) is 4.79 Å². The summed E-state index contributed by atoms with van der Waals surface area (Å²) in [6.45, 7) is 3.92. The van der Waals surface area contributed by atoms with Crippen LogP contribution in [-0.2, 0) is 13.0 Å². The number of rotatable bonds is 7. The van der Waals surface area contributed by atoms with Crippen LogP contribution in [0.15, 0.2) is 54.3 Å². The molecule has 7 heteroatoms. The Labute approximate surface area is 210 Å². The summed E-state index contributed by atoms with van der Waals surface area (Å²) in [5.41, 5.74) is 4.33. The van der Waals surface area contributed by atoms with Gasteiger partial charge in [0, 0.05) is 24.2 Å². The number of ketones is 1. The van der Waals surface area contributed by atoms with E-state index in [4.69, 9.17) is 23.7 Å². The molecule has 2 aliphatic heterocycles. The average Bonchev–Trinajstić information content (AvgIpc) is 3.22. The zero-order chi connectivity index (χ0) is 25.2. The van der Waals surface area contributed by atoms with Gasteiger partial charge in [0.05, 0.1) is 26.9 Å². The fourth-order valence-electron chi connectivity index (χ4n) is 4.72. The Morgan fingerprint density at radius 3 is 2.50 bits per heavy atom. The fraction of sp³-hybridized carbons (Fsp3) is 0.276. The lowest BCUT2D eigenvalue weighted by molar-refractivity contribution is 0.0952. The maximum Gasteiger partial charge on any atom is 0.231 e. The summed E-state index contributed by atoms with van der Waals surface area (Å²) in [4.78, 5) is 15.5. The number of hydrogen-bond acceptors (Lipinski definition) is 7. The molecule has 0 aromatic heterocycles. The van der Waals surface area contributed by atoms with E-state index in [1.807, 2.05) is 43.3 Å². The van der Waals surface area contributed by atoms with Crippen molar-refractivity contribution < 1.29 is 28.5 Å². The molecule has 186 valence electrons. The third-order valence-corrected chi connectivity index (χ3v) is 6.60. The maximum absolute atomic E-state index is 13.3. The van der Waals surface area contributed by atoms with Crippen LogP contribution in [0.2, 0.25) is 0 Å². The minimum absolute atomic E-state index is 0.142. The molecule has 0 unspecified atom stereocenters. The van der Waals surface area contributed by atoms with Crippen LogP contribution in [0.25, 0.3) is 6.08 Å². The third-order valence-electron chi connectivity index (χ3n) is 6.60. The number of para-hydroxylation sites is 1. The van der Waals surface area contributed by atoms with Crippen molar-refractivity contribution in [2.24, 2.45) is 0 Å². The number of Topliss-reactive ketones (excluding diaryl/α,β-unsaturated/α-hetero) is 1. The molecule has 0 aliphatic carbocycles. The zero-order valence-electron chi connectivity index (χ0n) is 20.9. The molecule has 3 aromatic rings. The first-order chi connectivity index (χ1) is 17.5. The van der Waals surface area contributed by atoms with Crippen LogP contribution in [0.4, 0.5) is 0 Å². The maximum atomic E-state index is 13.3. The van der Waals surface area contributed by atoms with Gasteiger partial charge in [-0.05, 0) is 54.8 Å². The number of benzene rings is 3. The van der Waals surface area contributed by atoms with E-state index < -0.39 is 0 Å². The van der Waals surface area contributed by atoms with Gasteiger partial charge in [0.15, 0.2) is 17.3 Å². The Bertz CT molecular complexity index is 1350. The summed E-state index contributed by atoms with van der Waals surface area (Å²) >= 11 is 0. The van der Waals surface area contributed by atoms with E-state index in [2.05, 4.69) is 11.0 Å². The fourth-order valence-corrected chi connectivity index (χ4v) is 4.72. The van der Waals surface area contributed by atoms with Crippen molar-refractivity contribution in [3.05, 3.63) is 82.1 Å². The van der Waals surface area contributed by atoms with Gasteiger partial charge in [0.1, 0.15) is 24.0 Å². The van der Waals surface area contributed by atoms with Gasteiger partial charge < -0.3 is 23.7 Å². The molecular formula is C29H29NO6. The van der Waals surface area contributed by atoms with Crippen molar-refractivity contribution in [1.29, 1.82) is 0 Å². The van der Waals surface area contributed by atoms with E-state index in [1.54, 1.807) is 33.5 Å². The molecule has 0 amide bonds. The van der Waals surface area contributed by atoms with Crippen molar-refractivity contribution in [2.75, 3.05) is 34.6 Å². The van der Waals surface area contributed by atoms with Gasteiger partial charge in [0.25, 0.3) is 0 Å². The summed E-state index contributed by atoms with van der Waals surface area (Å²) in [5.74, 6) is 3.59. The molecule has 0 radical (unpaired) electrons. The van der Waals surface area contributed by atoms with Crippen molar-refractivity contribution in [3.8, 4) is 28.7 Å². The predicted octanol–water partition coefficient (Wildman–Crippen LogP) is 5.03. The lowest BCUT2D eigenvalue weighted by Gasteiger charge is -2.30. The van der Waals surface area contributed by atoms with Crippen molar-refractivity contribution in [1.82, 2.24) is 4.90 Å². The summed E-state index contributed by atoms with van der Waals surface area (Å²) in [5, 5.41) is 0. The standard InChI is InChI=1S/C29H29NO6/c1-18-28-21(16-30(17-35-28)12-11-20-7-5-6-8-23(20)32-2)15-22-27(31)26(36-29(18)22)14-19-9-10-24(33-3)25(13-19)34-4/h5-10,13-15H,11-12,16-17H2,1-4H3/b26-14-. The molecule has 0 spiro atoms. The highest BCUT2D eigenvalue weighted by atomic mass is 16.5. The number of carbonyl (C=O) groups excluding carboxylic acids is 1. The minimum Gasteiger partial charge on any atom is -0.496 e. The monoisotopic (exact) mass is 487 g/mol. The van der Waals surface area contributed by atoms with Crippen LogP contribution in [0.5, 0.6) is 28.7 Å². The number of methoxy groups -OCH3 is 3. The molecule has 0 saturated carbocycles.